The fourth-order valence-corrected chi connectivity index (χ4v) is 2.59. The molecule has 2 aromatic rings. The van der Waals surface area contributed by atoms with Crippen LogP contribution in [0.15, 0.2) is 54.6 Å². The normalized spacial score (nSPS) is 11.3. The highest BCUT2D eigenvalue weighted by Gasteiger charge is 2.27. The molecule has 0 aliphatic heterocycles. The zero-order valence-corrected chi connectivity index (χ0v) is 18.7. The van der Waals surface area contributed by atoms with Crippen molar-refractivity contribution in [3.63, 3.8) is 0 Å². The van der Waals surface area contributed by atoms with Gasteiger partial charge in [-0.3, -0.25) is 0 Å². The maximum Gasteiger partial charge on any atom is 0.514 e. The first-order chi connectivity index (χ1) is 14.4. The van der Waals surface area contributed by atoms with Gasteiger partial charge in [-0.1, -0.05) is 50.2 Å². The van der Waals surface area contributed by atoms with E-state index in [1.165, 1.54) is 18.2 Å². The Bertz CT molecular complexity index is 857. The number of ether oxygens (including phenoxy) is 4. The van der Waals surface area contributed by atoms with Crippen LogP contribution in [-0.4, -0.2) is 28.9 Å². The molecule has 0 aliphatic rings. The molecule has 2 rings (SSSR count). The summed E-state index contributed by atoms with van der Waals surface area (Å²) in [5, 5.41) is 2.53. The third-order valence-electron chi connectivity index (χ3n) is 3.80. The Balaban J connectivity index is 1.95. The van der Waals surface area contributed by atoms with Crippen molar-refractivity contribution in [2.75, 3.05) is 4.61 Å². The molecule has 0 bridgehead atoms. The number of alkyl carbamates (subject to hydrolysis) is 1. The summed E-state index contributed by atoms with van der Waals surface area (Å²) in [7, 11) is 0. The van der Waals surface area contributed by atoms with Gasteiger partial charge in [-0.25, -0.2) is 14.4 Å². The fourth-order valence-electron chi connectivity index (χ4n) is 2.34. The molecule has 0 heterocycles. The highest BCUT2D eigenvalue weighted by atomic mass is 127. The van der Waals surface area contributed by atoms with Gasteiger partial charge in [0.1, 0.15) is 28.8 Å². The standard InChI is InChI=1S/C21H22INO7/c1-14(2)18(23-20(25)27-12-15-7-4-3-5-8-15)19(24)29-16-9-6-10-17(11-16)30-21(26)28-13-22/h3-11,14,18H,12-13H2,1-2H3,(H,23,25)/t18-/m0/s1. The lowest BCUT2D eigenvalue weighted by molar-refractivity contribution is -0.137. The number of amides is 1. The molecule has 0 fully saturated rings. The van der Waals surface area contributed by atoms with E-state index in [1.54, 1.807) is 19.9 Å². The number of alkyl halides is 1. The zero-order chi connectivity index (χ0) is 21.9. The van der Waals surface area contributed by atoms with Gasteiger partial charge in [-0.2, -0.15) is 0 Å². The van der Waals surface area contributed by atoms with Gasteiger partial charge in [0, 0.05) is 6.07 Å². The molecule has 0 aromatic heterocycles. The Labute approximate surface area is 188 Å². The summed E-state index contributed by atoms with van der Waals surface area (Å²) < 4.78 is 20.3. The van der Waals surface area contributed by atoms with Gasteiger partial charge in [0.2, 0.25) is 0 Å². The monoisotopic (exact) mass is 527 g/mol. The van der Waals surface area contributed by atoms with Crippen molar-refractivity contribution in [3.05, 3.63) is 60.2 Å². The van der Waals surface area contributed by atoms with E-state index in [9.17, 15) is 14.4 Å². The number of hydrogen-bond acceptors (Lipinski definition) is 7. The number of carbonyl (C=O) groups excluding carboxylic acids is 3. The van der Waals surface area contributed by atoms with E-state index in [0.717, 1.165) is 5.56 Å². The predicted octanol–water partition coefficient (Wildman–Crippen LogP) is 4.45. The second-order valence-electron chi connectivity index (χ2n) is 6.43. The molecule has 9 heteroatoms. The fraction of sp³-hybridized carbons (Fsp3) is 0.286. The molecule has 0 spiro atoms. The number of benzene rings is 2. The molecule has 0 aliphatic carbocycles. The lowest BCUT2D eigenvalue weighted by Crippen LogP contribution is -2.46. The van der Waals surface area contributed by atoms with Gasteiger partial charge in [0.15, 0.2) is 0 Å². The number of hydrogen-bond donors (Lipinski definition) is 1. The first kappa shape index (κ1) is 23.5. The number of carbonyl (C=O) groups is 3. The number of halogens is 1. The Morgan fingerprint density at radius 3 is 2.23 bits per heavy atom. The molecule has 0 saturated carbocycles. The lowest BCUT2D eigenvalue weighted by Gasteiger charge is -2.20. The quantitative estimate of drug-likeness (QED) is 0.178. The Kier molecular flexibility index (Phi) is 9.39. The molecule has 1 N–H and O–H groups in total. The van der Waals surface area contributed by atoms with Crippen molar-refractivity contribution >= 4 is 40.8 Å². The van der Waals surface area contributed by atoms with Gasteiger partial charge < -0.3 is 24.3 Å². The molecule has 8 nitrogen and oxygen atoms in total. The predicted molar refractivity (Wildman–Crippen MR) is 116 cm³/mol. The van der Waals surface area contributed by atoms with Gasteiger partial charge in [0.05, 0.1) is 0 Å². The van der Waals surface area contributed by atoms with Crippen LogP contribution in [0.4, 0.5) is 9.59 Å². The van der Waals surface area contributed by atoms with Crippen LogP contribution in [0.5, 0.6) is 11.5 Å². The summed E-state index contributed by atoms with van der Waals surface area (Å²) >= 11 is 1.86. The van der Waals surface area contributed by atoms with E-state index >= 15 is 0 Å². The highest BCUT2D eigenvalue weighted by Crippen LogP contribution is 2.21. The second kappa shape index (κ2) is 12.0. The van der Waals surface area contributed by atoms with Crippen LogP contribution in [0.1, 0.15) is 19.4 Å². The topological polar surface area (TPSA) is 100 Å². The molecular formula is C21H22INO7. The van der Waals surface area contributed by atoms with Crippen LogP contribution in [0.25, 0.3) is 0 Å². The maximum atomic E-state index is 12.6. The maximum absolute atomic E-state index is 12.6. The minimum atomic E-state index is -0.929. The molecule has 0 unspecified atom stereocenters. The van der Waals surface area contributed by atoms with Crippen LogP contribution in [0.3, 0.4) is 0 Å². The zero-order valence-electron chi connectivity index (χ0n) is 16.5. The Hall–Kier alpha value is -2.82. The lowest BCUT2D eigenvalue weighted by atomic mass is 10.1. The van der Waals surface area contributed by atoms with E-state index in [1.807, 2.05) is 52.9 Å². The van der Waals surface area contributed by atoms with Gasteiger partial charge in [-0.05, 0) is 46.2 Å². The van der Waals surface area contributed by atoms with Crippen LogP contribution < -0.4 is 14.8 Å². The van der Waals surface area contributed by atoms with Crippen molar-refractivity contribution in [2.45, 2.75) is 26.5 Å². The Morgan fingerprint density at radius 1 is 0.933 bits per heavy atom. The minimum absolute atomic E-state index is 0.0826. The summed E-state index contributed by atoms with van der Waals surface area (Å²) in [6, 6.07) is 14.2. The average Bonchev–Trinajstić information content (AvgIpc) is 2.71. The van der Waals surface area contributed by atoms with E-state index in [2.05, 4.69) is 5.32 Å². The molecule has 160 valence electrons. The molecule has 0 radical (unpaired) electrons. The SMILES string of the molecule is CC(C)[C@H](NC(=O)OCc1ccccc1)C(=O)Oc1cccc(OC(=O)OCI)c1. The van der Waals surface area contributed by atoms with Crippen molar-refractivity contribution in [1.82, 2.24) is 5.32 Å². The molecule has 1 atom stereocenters. The summed E-state index contributed by atoms with van der Waals surface area (Å²) in [5.41, 5.74) is 0.828. The smallest absolute Gasteiger partial charge is 0.445 e. The van der Waals surface area contributed by atoms with Crippen molar-refractivity contribution in [1.29, 1.82) is 0 Å². The van der Waals surface area contributed by atoms with Crippen LogP contribution >= 0.6 is 22.6 Å². The third kappa shape index (κ3) is 7.90. The summed E-state index contributed by atoms with van der Waals surface area (Å²) in [6.45, 7) is 3.62. The first-order valence-corrected chi connectivity index (χ1v) is 10.6. The van der Waals surface area contributed by atoms with Crippen LogP contribution in [0.2, 0.25) is 0 Å². The first-order valence-electron chi connectivity index (χ1n) is 9.08. The van der Waals surface area contributed by atoms with Crippen LogP contribution in [0, 0.1) is 5.92 Å². The Morgan fingerprint density at radius 2 is 1.60 bits per heavy atom. The summed E-state index contributed by atoms with van der Waals surface area (Å²) in [4.78, 5) is 36.1. The van der Waals surface area contributed by atoms with Crippen molar-refractivity contribution < 1.29 is 33.3 Å². The van der Waals surface area contributed by atoms with Crippen molar-refractivity contribution in [3.8, 4) is 11.5 Å². The average molecular weight is 527 g/mol. The number of esters is 1. The van der Waals surface area contributed by atoms with Gasteiger partial charge in [-0.15, -0.1) is 0 Å². The minimum Gasteiger partial charge on any atom is -0.445 e. The summed E-state index contributed by atoms with van der Waals surface area (Å²) in [5.74, 6) is -0.607. The molecule has 30 heavy (non-hydrogen) atoms. The second-order valence-corrected chi connectivity index (χ2v) is 7.05. The molecule has 0 saturated heterocycles. The van der Waals surface area contributed by atoms with E-state index in [4.69, 9.17) is 18.9 Å². The highest BCUT2D eigenvalue weighted by molar-refractivity contribution is 14.1. The van der Waals surface area contributed by atoms with E-state index < -0.39 is 24.3 Å². The molecular weight excluding hydrogens is 505 g/mol. The third-order valence-corrected chi connectivity index (χ3v) is 4.12. The van der Waals surface area contributed by atoms with Gasteiger partial charge in [0.25, 0.3) is 0 Å². The van der Waals surface area contributed by atoms with Crippen molar-refractivity contribution in [2.24, 2.45) is 5.92 Å². The summed E-state index contributed by atoms with van der Waals surface area (Å²) in [6.07, 6.45) is -1.59. The van der Waals surface area contributed by atoms with E-state index in [0.29, 0.717) is 0 Å². The number of nitrogens with one attached hydrogen (secondary N) is 1. The molecule has 1 amide bonds. The van der Waals surface area contributed by atoms with Gasteiger partial charge >= 0.3 is 18.2 Å². The molecule has 2 aromatic carbocycles. The number of rotatable bonds is 8. The van der Waals surface area contributed by atoms with E-state index in [-0.39, 0.29) is 28.6 Å². The van der Waals surface area contributed by atoms with Crippen LogP contribution in [-0.2, 0) is 20.9 Å². The largest absolute Gasteiger partial charge is 0.514 e.